The maximum Gasteiger partial charge on any atom is 0.425 e. The van der Waals surface area contributed by atoms with Crippen molar-refractivity contribution in [3.63, 3.8) is 0 Å². The van der Waals surface area contributed by atoms with Crippen LogP contribution >= 0.6 is 0 Å². The average Bonchev–Trinajstić information content (AvgIpc) is 3.13. The predicted octanol–water partition coefficient (Wildman–Crippen LogP) is 2.36. The molecule has 0 bridgehead atoms. The van der Waals surface area contributed by atoms with Crippen LogP contribution in [-0.4, -0.2) is 26.7 Å². The molecule has 1 aromatic carbocycles. The Morgan fingerprint density at radius 2 is 2.12 bits per heavy atom. The number of carbonyl (C=O) groups is 1. The van der Waals surface area contributed by atoms with Crippen LogP contribution in [-0.2, 0) is 23.9 Å². The van der Waals surface area contributed by atoms with Crippen LogP contribution < -0.4 is 5.32 Å². The zero-order chi connectivity index (χ0) is 18.2. The van der Waals surface area contributed by atoms with Gasteiger partial charge in [0.1, 0.15) is 0 Å². The molecule has 2 aromatic rings. The number of amides is 1. The fraction of sp³-hybridized carbons (Fsp3) is 0.412. The quantitative estimate of drug-likeness (QED) is 0.887. The van der Waals surface area contributed by atoms with E-state index in [2.05, 4.69) is 10.3 Å². The summed E-state index contributed by atoms with van der Waals surface area (Å²) in [6.07, 6.45) is -2.35. The minimum Gasteiger partial charge on any atom is -0.374 e. The predicted molar refractivity (Wildman–Crippen MR) is 83.4 cm³/mol. The van der Waals surface area contributed by atoms with E-state index in [1.54, 1.807) is 0 Å². The second-order valence-electron chi connectivity index (χ2n) is 6.25. The largest absolute Gasteiger partial charge is 0.425 e. The van der Waals surface area contributed by atoms with Gasteiger partial charge in [-0.05, 0) is 24.0 Å². The first-order valence-corrected chi connectivity index (χ1v) is 7.86. The van der Waals surface area contributed by atoms with Gasteiger partial charge < -0.3 is 15.0 Å². The van der Waals surface area contributed by atoms with Crippen molar-refractivity contribution in [1.29, 1.82) is 0 Å². The molecular formula is C17H18F3N3O2. The van der Waals surface area contributed by atoms with Crippen LogP contribution in [0.15, 0.2) is 36.7 Å². The highest BCUT2D eigenvalue weighted by Gasteiger charge is 2.58. The van der Waals surface area contributed by atoms with Gasteiger partial charge in [-0.2, -0.15) is 13.2 Å². The summed E-state index contributed by atoms with van der Waals surface area (Å²) in [6, 6.07) is 7.14. The molecule has 5 nitrogen and oxygen atoms in total. The molecule has 0 saturated carbocycles. The van der Waals surface area contributed by atoms with Gasteiger partial charge in [0.15, 0.2) is 5.82 Å². The van der Waals surface area contributed by atoms with Gasteiger partial charge in [0.05, 0.1) is 12.5 Å². The summed E-state index contributed by atoms with van der Waals surface area (Å²) in [5, 5.41) is 12.9. The first kappa shape index (κ1) is 17.5. The van der Waals surface area contributed by atoms with E-state index in [4.69, 9.17) is 0 Å². The molecule has 8 heteroatoms. The van der Waals surface area contributed by atoms with Crippen molar-refractivity contribution in [2.24, 2.45) is 7.05 Å². The van der Waals surface area contributed by atoms with Crippen LogP contribution in [0.5, 0.6) is 0 Å². The molecule has 2 atom stereocenters. The first-order chi connectivity index (χ1) is 11.7. The number of alkyl halides is 3. The standard InChI is InChI=1S/C17H18F3N3O2/c1-23-9-8-21-15(23)16(25,17(18,19)20)10-14(24)22-13-7-6-11-4-2-3-5-12(11)13/h2-5,8-9,13,25H,6-7,10H2,1H3,(H,22,24)/t13-,16-/m1/s1. The number of hydrogen-bond donors (Lipinski definition) is 2. The van der Waals surface area contributed by atoms with Crippen molar-refractivity contribution < 1.29 is 23.1 Å². The number of fused-ring (bicyclic) bond motifs is 1. The van der Waals surface area contributed by atoms with Gasteiger partial charge in [0.25, 0.3) is 0 Å². The van der Waals surface area contributed by atoms with E-state index in [9.17, 15) is 23.1 Å². The second kappa shape index (κ2) is 6.18. The molecule has 0 saturated heterocycles. The number of hydrogen-bond acceptors (Lipinski definition) is 3. The number of nitrogens with zero attached hydrogens (tertiary/aromatic N) is 2. The van der Waals surface area contributed by atoms with Crippen LogP contribution in [0.3, 0.4) is 0 Å². The van der Waals surface area contributed by atoms with Crippen LogP contribution in [0, 0.1) is 0 Å². The lowest BCUT2D eigenvalue weighted by Gasteiger charge is -2.29. The number of rotatable bonds is 4. The number of benzene rings is 1. The third-order valence-electron chi connectivity index (χ3n) is 4.54. The van der Waals surface area contributed by atoms with Gasteiger partial charge in [0.2, 0.25) is 11.5 Å². The Morgan fingerprint density at radius 3 is 2.76 bits per heavy atom. The Kier molecular flexibility index (Phi) is 4.32. The van der Waals surface area contributed by atoms with Gasteiger partial charge >= 0.3 is 6.18 Å². The second-order valence-corrected chi connectivity index (χ2v) is 6.25. The van der Waals surface area contributed by atoms with E-state index in [1.165, 1.54) is 13.2 Å². The van der Waals surface area contributed by atoms with Crippen LogP contribution in [0.2, 0.25) is 0 Å². The molecule has 2 N–H and O–H groups in total. The van der Waals surface area contributed by atoms with E-state index in [-0.39, 0.29) is 6.04 Å². The normalized spacial score (nSPS) is 19.3. The molecule has 1 amide bonds. The highest BCUT2D eigenvalue weighted by molar-refractivity contribution is 5.78. The topological polar surface area (TPSA) is 67.1 Å². The Bertz CT molecular complexity index is 787. The SMILES string of the molecule is Cn1ccnc1[C@](O)(CC(=O)N[C@@H]1CCc2ccccc21)C(F)(F)F. The third-order valence-corrected chi connectivity index (χ3v) is 4.54. The molecule has 1 aliphatic rings. The fourth-order valence-electron chi connectivity index (χ4n) is 3.25. The zero-order valence-corrected chi connectivity index (χ0v) is 13.5. The number of aryl methyl sites for hydroxylation is 2. The molecule has 0 radical (unpaired) electrons. The number of carbonyl (C=O) groups excluding carboxylic acids is 1. The molecule has 0 unspecified atom stereocenters. The Balaban J connectivity index is 1.80. The lowest BCUT2D eigenvalue weighted by molar-refractivity contribution is -0.271. The minimum absolute atomic E-state index is 0.345. The molecule has 3 rings (SSSR count). The first-order valence-electron chi connectivity index (χ1n) is 7.86. The fourth-order valence-corrected chi connectivity index (χ4v) is 3.25. The number of nitrogens with one attached hydrogen (secondary N) is 1. The molecule has 1 aliphatic carbocycles. The van der Waals surface area contributed by atoms with Gasteiger partial charge in [0, 0.05) is 19.4 Å². The van der Waals surface area contributed by atoms with E-state index in [1.807, 2.05) is 24.3 Å². The number of aliphatic hydroxyl groups is 1. The Hall–Kier alpha value is -2.35. The van der Waals surface area contributed by atoms with Crippen LogP contribution in [0.4, 0.5) is 13.2 Å². The van der Waals surface area contributed by atoms with Crippen molar-refractivity contribution in [1.82, 2.24) is 14.9 Å². The molecule has 1 aromatic heterocycles. The van der Waals surface area contributed by atoms with Crippen LogP contribution in [0.25, 0.3) is 0 Å². The lowest BCUT2D eigenvalue weighted by Crippen LogP contribution is -2.48. The molecular weight excluding hydrogens is 335 g/mol. The number of aromatic nitrogens is 2. The molecule has 134 valence electrons. The van der Waals surface area contributed by atoms with Gasteiger partial charge in [-0.3, -0.25) is 4.79 Å². The van der Waals surface area contributed by atoms with Crippen molar-refractivity contribution in [3.8, 4) is 0 Å². The number of imidazole rings is 1. The van der Waals surface area contributed by atoms with Crippen molar-refractivity contribution in [2.45, 2.75) is 37.1 Å². The highest BCUT2D eigenvalue weighted by Crippen LogP contribution is 2.41. The minimum atomic E-state index is -5.03. The van der Waals surface area contributed by atoms with Crippen LogP contribution in [0.1, 0.15) is 35.8 Å². The summed E-state index contributed by atoms with van der Waals surface area (Å²) < 4.78 is 41.5. The van der Waals surface area contributed by atoms with Gasteiger partial charge in [-0.1, -0.05) is 24.3 Å². The summed E-state index contributed by atoms with van der Waals surface area (Å²) in [7, 11) is 1.34. The van der Waals surface area contributed by atoms with Crippen molar-refractivity contribution in [2.75, 3.05) is 0 Å². The van der Waals surface area contributed by atoms with Gasteiger partial charge in [-0.25, -0.2) is 4.98 Å². The highest BCUT2D eigenvalue weighted by atomic mass is 19.4. The molecule has 1 heterocycles. The molecule has 0 fully saturated rings. The Morgan fingerprint density at radius 1 is 1.40 bits per heavy atom. The van der Waals surface area contributed by atoms with Gasteiger partial charge in [-0.15, -0.1) is 0 Å². The molecule has 0 spiro atoms. The summed E-state index contributed by atoms with van der Waals surface area (Å²) in [6.45, 7) is 0. The summed E-state index contributed by atoms with van der Waals surface area (Å²) in [5.41, 5.74) is -1.36. The van der Waals surface area contributed by atoms with Crippen molar-refractivity contribution in [3.05, 3.63) is 53.6 Å². The third kappa shape index (κ3) is 3.13. The van der Waals surface area contributed by atoms with E-state index in [0.717, 1.165) is 28.3 Å². The van der Waals surface area contributed by atoms with E-state index < -0.39 is 29.9 Å². The zero-order valence-electron chi connectivity index (χ0n) is 13.5. The summed E-state index contributed by atoms with van der Waals surface area (Å²) in [5.74, 6) is -1.48. The maximum absolute atomic E-state index is 13.5. The summed E-state index contributed by atoms with van der Waals surface area (Å²) in [4.78, 5) is 15.9. The smallest absolute Gasteiger partial charge is 0.374 e. The molecule has 25 heavy (non-hydrogen) atoms. The lowest BCUT2D eigenvalue weighted by atomic mass is 9.96. The average molecular weight is 353 g/mol. The number of halogens is 3. The monoisotopic (exact) mass is 353 g/mol. The van der Waals surface area contributed by atoms with E-state index >= 15 is 0 Å². The van der Waals surface area contributed by atoms with E-state index in [0.29, 0.717) is 6.42 Å². The molecule has 0 aliphatic heterocycles. The maximum atomic E-state index is 13.5. The summed E-state index contributed by atoms with van der Waals surface area (Å²) >= 11 is 0. The Labute approximate surface area is 142 Å². The van der Waals surface area contributed by atoms with Crippen molar-refractivity contribution >= 4 is 5.91 Å².